The number of unbranched alkanes of at least 4 members (excludes halogenated alkanes) is 2. The van der Waals surface area contributed by atoms with E-state index in [4.69, 9.17) is 11.6 Å². The van der Waals surface area contributed by atoms with Gasteiger partial charge in [-0.3, -0.25) is 4.79 Å². The standard InChI is InChI=1S/C12H15ClINO2/c13-9-4-5-10(11(16)8-9)12(17)15-7-3-1-2-6-14/h4-5,8,16H,1-3,6-7H2,(H,15,17). The predicted octanol–water partition coefficient (Wildman–Crippen LogP) is 3.38. The molecule has 1 amide bonds. The van der Waals surface area contributed by atoms with Crippen molar-refractivity contribution in [1.29, 1.82) is 0 Å². The number of rotatable bonds is 6. The summed E-state index contributed by atoms with van der Waals surface area (Å²) in [5.74, 6) is -0.337. The SMILES string of the molecule is O=C(NCCCCCI)c1ccc(Cl)cc1O. The van der Waals surface area contributed by atoms with Crippen LogP contribution in [0.4, 0.5) is 0 Å². The van der Waals surface area contributed by atoms with Gasteiger partial charge >= 0.3 is 0 Å². The summed E-state index contributed by atoms with van der Waals surface area (Å²) >= 11 is 8.03. The van der Waals surface area contributed by atoms with Crippen LogP contribution >= 0.6 is 34.2 Å². The Morgan fingerprint density at radius 3 is 2.76 bits per heavy atom. The van der Waals surface area contributed by atoms with Crippen LogP contribution in [0.15, 0.2) is 18.2 Å². The van der Waals surface area contributed by atoms with E-state index in [1.165, 1.54) is 18.6 Å². The highest BCUT2D eigenvalue weighted by Gasteiger charge is 2.10. The molecule has 0 atom stereocenters. The highest BCUT2D eigenvalue weighted by atomic mass is 127. The lowest BCUT2D eigenvalue weighted by Crippen LogP contribution is -2.24. The summed E-state index contributed by atoms with van der Waals surface area (Å²) in [6.45, 7) is 0.636. The van der Waals surface area contributed by atoms with Gasteiger partial charge in [-0.2, -0.15) is 0 Å². The first-order valence-electron chi connectivity index (χ1n) is 5.48. The minimum absolute atomic E-state index is 0.0812. The minimum atomic E-state index is -0.256. The molecule has 0 heterocycles. The number of aromatic hydroxyl groups is 1. The highest BCUT2D eigenvalue weighted by molar-refractivity contribution is 14.1. The van der Waals surface area contributed by atoms with Gasteiger partial charge in [0.15, 0.2) is 0 Å². The van der Waals surface area contributed by atoms with Gasteiger partial charge in [0.1, 0.15) is 5.75 Å². The second-order valence-corrected chi connectivity index (χ2v) is 5.18. The monoisotopic (exact) mass is 367 g/mol. The third-order valence-electron chi connectivity index (χ3n) is 2.30. The van der Waals surface area contributed by atoms with Crippen molar-refractivity contribution in [2.75, 3.05) is 11.0 Å². The summed E-state index contributed by atoms with van der Waals surface area (Å²) in [4.78, 5) is 11.7. The molecule has 3 nitrogen and oxygen atoms in total. The molecule has 1 aromatic carbocycles. The van der Waals surface area contributed by atoms with Gasteiger partial charge in [0, 0.05) is 11.6 Å². The lowest BCUT2D eigenvalue weighted by Gasteiger charge is -2.06. The van der Waals surface area contributed by atoms with Crippen molar-refractivity contribution in [2.45, 2.75) is 19.3 Å². The van der Waals surface area contributed by atoms with Crippen LogP contribution in [0.3, 0.4) is 0 Å². The molecule has 0 aliphatic carbocycles. The number of hydrogen-bond donors (Lipinski definition) is 2. The number of hydrogen-bond acceptors (Lipinski definition) is 2. The quantitative estimate of drug-likeness (QED) is 0.460. The number of phenolic OH excluding ortho intramolecular Hbond substituents is 1. The molecule has 0 bridgehead atoms. The van der Waals surface area contributed by atoms with Crippen molar-refractivity contribution in [2.24, 2.45) is 0 Å². The zero-order chi connectivity index (χ0) is 12.7. The molecule has 0 fully saturated rings. The minimum Gasteiger partial charge on any atom is -0.507 e. The molecule has 1 aromatic rings. The number of alkyl halides is 1. The molecule has 94 valence electrons. The molecule has 2 N–H and O–H groups in total. The third kappa shape index (κ3) is 5.12. The Labute approximate surface area is 120 Å². The molecule has 0 unspecified atom stereocenters. The van der Waals surface area contributed by atoms with Crippen molar-refractivity contribution in [3.8, 4) is 5.75 Å². The number of nitrogens with one attached hydrogen (secondary N) is 1. The van der Waals surface area contributed by atoms with Gasteiger partial charge in [0.25, 0.3) is 5.91 Å². The van der Waals surface area contributed by atoms with Gasteiger partial charge in [-0.05, 0) is 35.5 Å². The molecule has 0 aromatic heterocycles. The number of amides is 1. The maximum absolute atomic E-state index is 11.7. The van der Waals surface area contributed by atoms with Crippen molar-refractivity contribution in [1.82, 2.24) is 5.32 Å². The fraction of sp³-hybridized carbons (Fsp3) is 0.417. The Morgan fingerprint density at radius 2 is 2.12 bits per heavy atom. The Balaban J connectivity index is 2.42. The molecule has 0 aliphatic rings. The van der Waals surface area contributed by atoms with E-state index in [-0.39, 0.29) is 17.2 Å². The predicted molar refractivity (Wildman–Crippen MR) is 78.2 cm³/mol. The van der Waals surface area contributed by atoms with E-state index < -0.39 is 0 Å². The van der Waals surface area contributed by atoms with Crippen LogP contribution in [-0.4, -0.2) is 22.0 Å². The van der Waals surface area contributed by atoms with Gasteiger partial charge in [0.05, 0.1) is 5.56 Å². The molecule has 0 aliphatic heterocycles. The number of benzene rings is 1. The number of carbonyl (C=O) groups excluding carboxylic acids is 1. The van der Waals surface area contributed by atoms with E-state index >= 15 is 0 Å². The van der Waals surface area contributed by atoms with Crippen molar-refractivity contribution < 1.29 is 9.90 Å². The van der Waals surface area contributed by atoms with Crippen LogP contribution in [0.2, 0.25) is 5.02 Å². The molecular formula is C12H15ClINO2. The second-order valence-electron chi connectivity index (χ2n) is 3.67. The molecule has 0 saturated heterocycles. The van der Waals surface area contributed by atoms with E-state index in [0.717, 1.165) is 17.3 Å². The second kappa shape index (κ2) is 7.76. The third-order valence-corrected chi connectivity index (χ3v) is 3.30. The van der Waals surface area contributed by atoms with Crippen LogP contribution < -0.4 is 5.32 Å². The number of halogens is 2. The zero-order valence-corrected chi connectivity index (χ0v) is 12.3. The fourth-order valence-electron chi connectivity index (χ4n) is 1.39. The van der Waals surface area contributed by atoms with E-state index in [9.17, 15) is 9.90 Å². The lowest BCUT2D eigenvalue weighted by molar-refractivity contribution is 0.0950. The maximum Gasteiger partial charge on any atom is 0.255 e. The highest BCUT2D eigenvalue weighted by Crippen LogP contribution is 2.21. The van der Waals surface area contributed by atoms with Gasteiger partial charge in [-0.15, -0.1) is 0 Å². The van der Waals surface area contributed by atoms with E-state index in [1.807, 2.05) is 0 Å². The van der Waals surface area contributed by atoms with Crippen LogP contribution in [0, 0.1) is 0 Å². The topological polar surface area (TPSA) is 49.3 Å². The molecule has 0 spiro atoms. The molecule has 0 radical (unpaired) electrons. The van der Waals surface area contributed by atoms with Crippen LogP contribution in [0.25, 0.3) is 0 Å². The first-order chi connectivity index (χ1) is 8.15. The summed E-state index contributed by atoms with van der Waals surface area (Å²) < 4.78 is 1.14. The van der Waals surface area contributed by atoms with Gasteiger partial charge in [0.2, 0.25) is 0 Å². The molecule has 0 saturated carbocycles. The van der Waals surface area contributed by atoms with Gasteiger partial charge < -0.3 is 10.4 Å². The summed E-state index contributed by atoms with van der Waals surface area (Å²) in [6.07, 6.45) is 3.24. The largest absolute Gasteiger partial charge is 0.507 e. The van der Waals surface area contributed by atoms with Crippen LogP contribution in [-0.2, 0) is 0 Å². The van der Waals surface area contributed by atoms with Gasteiger partial charge in [-0.25, -0.2) is 0 Å². The van der Waals surface area contributed by atoms with E-state index in [1.54, 1.807) is 6.07 Å². The van der Waals surface area contributed by atoms with Crippen molar-refractivity contribution in [3.63, 3.8) is 0 Å². The summed E-state index contributed by atoms with van der Waals surface area (Å²) in [5, 5.41) is 12.7. The average molecular weight is 368 g/mol. The molecule has 1 rings (SSSR count). The zero-order valence-electron chi connectivity index (χ0n) is 9.38. The Hall–Kier alpha value is -0.490. The average Bonchev–Trinajstić information content (AvgIpc) is 2.28. The van der Waals surface area contributed by atoms with Crippen LogP contribution in [0.1, 0.15) is 29.6 Å². The maximum atomic E-state index is 11.7. The normalized spacial score (nSPS) is 10.2. The van der Waals surface area contributed by atoms with Gasteiger partial charge in [-0.1, -0.05) is 40.6 Å². The number of carbonyl (C=O) groups is 1. The summed E-state index contributed by atoms with van der Waals surface area (Å²) in [5.41, 5.74) is 0.267. The number of phenols is 1. The summed E-state index contributed by atoms with van der Waals surface area (Å²) in [6, 6.07) is 4.48. The van der Waals surface area contributed by atoms with Crippen LogP contribution in [0.5, 0.6) is 5.75 Å². The van der Waals surface area contributed by atoms with E-state index in [2.05, 4.69) is 27.9 Å². The van der Waals surface area contributed by atoms with Crippen molar-refractivity contribution in [3.05, 3.63) is 28.8 Å². The fourth-order valence-corrected chi connectivity index (χ4v) is 2.10. The first-order valence-corrected chi connectivity index (χ1v) is 7.38. The Bertz CT molecular complexity index is 385. The molecule has 17 heavy (non-hydrogen) atoms. The summed E-state index contributed by atoms with van der Waals surface area (Å²) in [7, 11) is 0. The smallest absolute Gasteiger partial charge is 0.255 e. The lowest BCUT2D eigenvalue weighted by atomic mass is 10.2. The molecule has 5 heteroatoms. The Kier molecular flexibility index (Phi) is 6.65. The Morgan fingerprint density at radius 1 is 1.35 bits per heavy atom. The first kappa shape index (κ1) is 14.6. The van der Waals surface area contributed by atoms with Crippen molar-refractivity contribution >= 4 is 40.1 Å². The van der Waals surface area contributed by atoms with E-state index in [0.29, 0.717) is 11.6 Å². The molecular weight excluding hydrogens is 352 g/mol.